The van der Waals surface area contributed by atoms with Crippen LogP contribution in [0.5, 0.6) is 0 Å². The monoisotopic (exact) mass is 313 g/mol. The molecule has 2 aromatic heterocycles. The highest BCUT2D eigenvalue weighted by Crippen LogP contribution is 2.28. The third-order valence-electron chi connectivity index (χ3n) is 2.99. The molecule has 0 spiro atoms. The summed E-state index contributed by atoms with van der Waals surface area (Å²) in [6.45, 7) is 3.54. The first-order valence-corrected chi connectivity index (χ1v) is 8.58. The maximum absolute atomic E-state index is 12.3. The number of hydrogen-bond donors (Lipinski definition) is 1. The lowest BCUT2D eigenvalue weighted by atomic mass is 10.2. The van der Waals surface area contributed by atoms with Crippen molar-refractivity contribution in [1.29, 1.82) is 0 Å². The summed E-state index contributed by atoms with van der Waals surface area (Å²) in [5.41, 5.74) is 1.82. The standard InChI is InChI=1S/C12H15N3O3S2/c1-7-10(8(2)15(3)14-7)11(16)13-12-9(5-6-19-12)20(4,17)18/h5-6H,1-4H3,(H,13,16). The minimum atomic E-state index is -3.36. The Balaban J connectivity index is 2.36. The second kappa shape index (κ2) is 5.02. The zero-order valence-corrected chi connectivity index (χ0v) is 13.2. The van der Waals surface area contributed by atoms with E-state index in [1.807, 2.05) is 0 Å². The lowest BCUT2D eigenvalue weighted by Crippen LogP contribution is -2.15. The van der Waals surface area contributed by atoms with Gasteiger partial charge in [-0.1, -0.05) is 0 Å². The second-order valence-corrected chi connectivity index (χ2v) is 7.41. The molecule has 2 rings (SSSR count). The van der Waals surface area contributed by atoms with Gasteiger partial charge in [0.15, 0.2) is 9.84 Å². The van der Waals surface area contributed by atoms with Crippen LogP contribution in [0, 0.1) is 13.8 Å². The molecule has 20 heavy (non-hydrogen) atoms. The Morgan fingerprint density at radius 2 is 2.05 bits per heavy atom. The number of thiophene rings is 1. The van der Waals surface area contributed by atoms with Crippen molar-refractivity contribution in [2.24, 2.45) is 7.05 Å². The summed E-state index contributed by atoms with van der Waals surface area (Å²) >= 11 is 1.18. The quantitative estimate of drug-likeness (QED) is 0.936. The van der Waals surface area contributed by atoms with Gasteiger partial charge in [0, 0.05) is 19.0 Å². The Kier molecular flexibility index (Phi) is 3.70. The van der Waals surface area contributed by atoms with Crippen LogP contribution in [0.4, 0.5) is 5.00 Å². The molecule has 0 aliphatic heterocycles. The zero-order valence-electron chi connectivity index (χ0n) is 11.6. The third kappa shape index (κ3) is 2.61. The number of amides is 1. The summed E-state index contributed by atoms with van der Waals surface area (Å²) < 4.78 is 24.8. The number of carbonyl (C=O) groups excluding carboxylic acids is 1. The number of anilines is 1. The maximum Gasteiger partial charge on any atom is 0.260 e. The second-order valence-electron chi connectivity index (χ2n) is 4.51. The average Bonchev–Trinajstić information content (AvgIpc) is 2.84. The predicted molar refractivity (Wildman–Crippen MR) is 78.1 cm³/mol. The van der Waals surface area contributed by atoms with Crippen molar-refractivity contribution in [1.82, 2.24) is 9.78 Å². The van der Waals surface area contributed by atoms with E-state index < -0.39 is 9.84 Å². The van der Waals surface area contributed by atoms with Crippen LogP contribution in [0.25, 0.3) is 0 Å². The minimum Gasteiger partial charge on any atom is -0.312 e. The van der Waals surface area contributed by atoms with Gasteiger partial charge in [0.05, 0.1) is 11.3 Å². The summed E-state index contributed by atoms with van der Waals surface area (Å²) in [5, 5.41) is 8.80. The molecule has 6 nitrogen and oxygen atoms in total. The van der Waals surface area contributed by atoms with Gasteiger partial charge in [0.25, 0.3) is 5.91 Å². The van der Waals surface area contributed by atoms with Crippen molar-refractivity contribution in [3.63, 3.8) is 0 Å². The lowest BCUT2D eigenvalue weighted by molar-refractivity contribution is 0.102. The molecule has 0 saturated carbocycles. The number of nitrogens with zero attached hydrogens (tertiary/aromatic N) is 2. The Morgan fingerprint density at radius 1 is 1.40 bits per heavy atom. The van der Waals surface area contributed by atoms with Gasteiger partial charge in [-0.15, -0.1) is 11.3 Å². The Hall–Kier alpha value is -1.67. The number of nitrogens with one attached hydrogen (secondary N) is 1. The van der Waals surface area contributed by atoms with Crippen LogP contribution >= 0.6 is 11.3 Å². The molecule has 0 radical (unpaired) electrons. The van der Waals surface area contributed by atoms with Gasteiger partial charge in [-0.2, -0.15) is 5.10 Å². The fourth-order valence-corrected chi connectivity index (χ4v) is 4.01. The van der Waals surface area contributed by atoms with Crippen molar-refractivity contribution in [2.45, 2.75) is 18.7 Å². The van der Waals surface area contributed by atoms with Crippen molar-refractivity contribution in [3.8, 4) is 0 Å². The van der Waals surface area contributed by atoms with Crippen molar-refractivity contribution in [2.75, 3.05) is 11.6 Å². The number of aryl methyl sites for hydroxylation is 2. The predicted octanol–water partition coefficient (Wildman–Crippen LogP) is 1.75. The van der Waals surface area contributed by atoms with E-state index >= 15 is 0 Å². The molecular weight excluding hydrogens is 298 g/mol. The molecule has 0 atom stereocenters. The molecule has 0 bridgehead atoms. The highest BCUT2D eigenvalue weighted by Gasteiger charge is 2.21. The van der Waals surface area contributed by atoms with Gasteiger partial charge in [0.1, 0.15) is 9.90 Å². The number of rotatable bonds is 3. The van der Waals surface area contributed by atoms with Gasteiger partial charge in [-0.3, -0.25) is 9.48 Å². The van der Waals surface area contributed by atoms with E-state index in [1.165, 1.54) is 17.4 Å². The van der Waals surface area contributed by atoms with Crippen molar-refractivity contribution in [3.05, 3.63) is 28.4 Å². The first-order valence-electron chi connectivity index (χ1n) is 5.81. The van der Waals surface area contributed by atoms with Crippen LogP contribution in [-0.4, -0.2) is 30.4 Å². The summed E-state index contributed by atoms with van der Waals surface area (Å²) in [6, 6.07) is 1.48. The third-order valence-corrected chi connectivity index (χ3v) is 5.09. The van der Waals surface area contributed by atoms with Gasteiger partial charge in [0.2, 0.25) is 0 Å². The van der Waals surface area contributed by atoms with E-state index in [0.717, 1.165) is 11.9 Å². The molecular formula is C12H15N3O3S2. The Bertz CT molecular complexity index is 772. The van der Waals surface area contributed by atoms with E-state index in [4.69, 9.17) is 0 Å². The van der Waals surface area contributed by atoms with Crippen LogP contribution in [0.1, 0.15) is 21.7 Å². The fraction of sp³-hybridized carbons (Fsp3) is 0.333. The first kappa shape index (κ1) is 14.7. The fourth-order valence-electron chi connectivity index (χ4n) is 1.95. The zero-order chi connectivity index (χ0) is 15.1. The van der Waals surface area contributed by atoms with Gasteiger partial charge >= 0.3 is 0 Å². The molecule has 0 fully saturated rings. The number of hydrogen-bond acceptors (Lipinski definition) is 5. The van der Waals surface area contributed by atoms with E-state index in [0.29, 0.717) is 16.3 Å². The maximum atomic E-state index is 12.3. The highest BCUT2D eigenvalue weighted by molar-refractivity contribution is 7.91. The summed E-state index contributed by atoms with van der Waals surface area (Å²) in [5.74, 6) is -0.347. The minimum absolute atomic E-state index is 0.134. The van der Waals surface area contributed by atoms with E-state index in [9.17, 15) is 13.2 Å². The lowest BCUT2D eigenvalue weighted by Gasteiger charge is -2.05. The number of sulfone groups is 1. The van der Waals surface area contributed by atoms with Crippen LogP contribution in [0.2, 0.25) is 0 Å². The Labute approximate surface area is 121 Å². The van der Waals surface area contributed by atoms with E-state index in [2.05, 4.69) is 10.4 Å². The van der Waals surface area contributed by atoms with Gasteiger partial charge in [-0.25, -0.2) is 8.42 Å². The number of carbonyl (C=O) groups is 1. The first-order chi connectivity index (χ1) is 9.21. The van der Waals surface area contributed by atoms with Crippen LogP contribution in [-0.2, 0) is 16.9 Å². The molecule has 0 aliphatic rings. The molecule has 1 N–H and O–H groups in total. The largest absolute Gasteiger partial charge is 0.312 e. The molecule has 0 aromatic carbocycles. The molecule has 2 aromatic rings. The average molecular weight is 313 g/mol. The van der Waals surface area contributed by atoms with E-state index in [1.54, 1.807) is 31.0 Å². The molecule has 0 aliphatic carbocycles. The summed E-state index contributed by atoms with van der Waals surface area (Å²) in [6.07, 6.45) is 1.12. The van der Waals surface area contributed by atoms with Crippen LogP contribution < -0.4 is 5.32 Å². The van der Waals surface area contributed by atoms with Crippen molar-refractivity contribution >= 4 is 32.1 Å². The van der Waals surface area contributed by atoms with E-state index in [-0.39, 0.29) is 10.8 Å². The van der Waals surface area contributed by atoms with Gasteiger partial charge < -0.3 is 5.32 Å². The summed E-state index contributed by atoms with van der Waals surface area (Å²) in [7, 11) is -1.60. The highest BCUT2D eigenvalue weighted by atomic mass is 32.2. The summed E-state index contributed by atoms with van der Waals surface area (Å²) in [4.78, 5) is 12.4. The Morgan fingerprint density at radius 3 is 2.55 bits per heavy atom. The SMILES string of the molecule is Cc1nn(C)c(C)c1C(=O)Nc1sccc1S(C)(=O)=O. The smallest absolute Gasteiger partial charge is 0.260 e. The molecule has 108 valence electrons. The molecule has 1 amide bonds. The molecule has 0 saturated heterocycles. The normalized spacial score (nSPS) is 11.6. The van der Waals surface area contributed by atoms with Crippen LogP contribution in [0.3, 0.4) is 0 Å². The molecule has 2 heterocycles. The number of aromatic nitrogens is 2. The van der Waals surface area contributed by atoms with Crippen molar-refractivity contribution < 1.29 is 13.2 Å². The molecule has 0 unspecified atom stereocenters. The van der Waals surface area contributed by atoms with Crippen LogP contribution in [0.15, 0.2) is 16.3 Å². The topological polar surface area (TPSA) is 81.1 Å². The van der Waals surface area contributed by atoms with Gasteiger partial charge in [-0.05, 0) is 25.3 Å². The molecule has 8 heteroatoms.